The Balaban J connectivity index is 1.78. The number of benzene rings is 3. The van der Waals surface area contributed by atoms with Crippen LogP contribution in [-0.2, 0) is 9.53 Å². The van der Waals surface area contributed by atoms with Crippen LogP contribution in [0.5, 0.6) is 11.5 Å². The number of anilines is 1. The Morgan fingerprint density at radius 2 is 1.67 bits per heavy atom. The van der Waals surface area contributed by atoms with E-state index in [1.165, 1.54) is 37.4 Å². The summed E-state index contributed by atoms with van der Waals surface area (Å²) >= 11 is 0. The maximum Gasteiger partial charge on any atom is 0.338 e. The monoisotopic (exact) mass is 443 g/mol. The number of phenolic OH excluding ortho intramolecular Hbond substituents is 1. The molecule has 1 aliphatic heterocycles. The van der Waals surface area contributed by atoms with Crippen LogP contribution in [0.4, 0.5) is 5.69 Å². The van der Waals surface area contributed by atoms with Crippen molar-refractivity contribution in [3.05, 3.63) is 89.0 Å². The van der Waals surface area contributed by atoms with E-state index >= 15 is 0 Å². The second kappa shape index (κ2) is 9.00. The number of aromatic hydroxyl groups is 1. The highest BCUT2D eigenvalue weighted by atomic mass is 16.5. The maximum absolute atomic E-state index is 13.5. The Morgan fingerprint density at radius 3 is 2.30 bits per heavy atom. The van der Waals surface area contributed by atoms with Crippen LogP contribution in [0.2, 0.25) is 0 Å². The quantitative estimate of drug-likeness (QED) is 0.359. The largest absolute Gasteiger partial charge is 0.504 e. The minimum atomic E-state index is -0.516. The molecule has 1 heterocycles. The van der Waals surface area contributed by atoms with Gasteiger partial charge in [0.05, 0.1) is 25.0 Å². The lowest BCUT2D eigenvalue weighted by Gasteiger charge is -2.28. The summed E-state index contributed by atoms with van der Waals surface area (Å²) in [5, 5.41) is 10.1. The molecule has 1 N–H and O–H groups in total. The third-order valence-corrected chi connectivity index (χ3v) is 5.23. The number of carbonyl (C=O) groups is 3. The van der Waals surface area contributed by atoms with E-state index in [0.717, 1.165) is 4.90 Å². The Hall–Kier alpha value is -4.39. The summed E-state index contributed by atoms with van der Waals surface area (Å²) in [5.74, 6) is -1.21. The van der Waals surface area contributed by atoms with Crippen LogP contribution in [0.25, 0.3) is 11.6 Å². The minimum absolute atomic E-state index is 0.0640. The molecule has 166 valence electrons. The molecule has 0 spiro atoms. The first kappa shape index (κ1) is 21.8. The van der Waals surface area contributed by atoms with Gasteiger partial charge in [-0.05, 0) is 66.6 Å². The number of esters is 1. The first-order valence-corrected chi connectivity index (χ1v) is 10.3. The Bertz CT molecular complexity index is 1280. The van der Waals surface area contributed by atoms with Crippen molar-refractivity contribution >= 4 is 35.1 Å². The van der Waals surface area contributed by atoms with Crippen molar-refractivity contribution in [3.8, 4) is 11.5 Å². The molecule has 0 saturated heterocycles. The highest BCUT2D eigenvalue weighted by Crippen LogP contribution is 2.35. The zero-order valence-corrected chi connectivity index (χ0v) is 18.1. The Labute approximate surface area is 190 Å². The standard InChI is InChI=1S/C26H21NO6/c1-3-33-26(31)17-9-11-18(12-10-17)27-24(29)20-7-5-4-6-19(20)21(25(27)30)14-16-8-13-23(32-2)22(28)15-16/h4-15,28H,3H2,1-2H3/b21-14+. The van der Waals surface area contributed by atoms with E-state index in [9.17, 15) is 19.5 Å². The van der Waals surface area contributed by atoms with E-state index in [1.807, 2.05) is 0 Å². The van der Waals surface area contributed by atoms with Crippen LogP contribution < -0.4 is 9.64 Å². The fraction of sp³-hybridized carbons (Fsp3) is 0.115. The average Bonchev–Trinajstić information content (AvgIpc) is 2.82. The number of ether oxygens (including phenoxy) is 2. The molecular weight excluding hydrogens is 422 g/mol. The second-order valence-corrected chi connectivity index (χ2v) is 7.25. The summed E-state index contributed by atoms with van der Waals surface area (Å²) < 4.78 is 10.1. The molecule has 0 aliphatic carbocycles. The summed E-state index contributed by atoms with van der Waals surface area (Å²) in [5.41, 5.74) is 2.39. The van der Waals surface area contributed by atoms with Crippen molar-refractivity contribution in [2.24, 2.45) is 0 Å². The molecule has 0 unspecified atom stereocenters. The average molecular weight is 443 g/mol. The first-order valence-electron chi connectivity index (χ1n) is 10.3. The molecule has 0 radical (unpaired) electrons. The molecule has 3 aromatic carbocycles. The zero-order valence-electron chi connectivity index (χ0n) is 18.1. The number of hydrogen-bond donors (Lipinski definition) is 1. The van der Waals surface area contributed by atoms with Gasteiger partial charge < -0.3 is 14.6 Å². The van der Waals surface area contributed by atoms with Crippen molar-refractivity contribution in [1.82, 2.24) is 0 Å². The van der Waals surface area contributed by atoms with Crippen LogP contribution in [0.3, 0.4) is 0 Å². The zero-order chi connectivity index (χ0) is 23.5. The van der Waals surface area contributed by atoms with Crippen molar-refractivity contribution in [3.63, 3.8) is 0 Å². The van der Waals surface area contributed by atoms with Gasteiger partial charge in [0.2, 0.25) is 0 Å². The summed E-state index contributed by atoms with van der Waals surface area (Å²) in [7, 11) is 1.45. The highest BCUT2D eigenvalue weighted by molar-refractivity contribution is 6.43. The third kappa shape index (κ3) is 4.08. The van der Waals surface area contributed by atoms with Crippen molar-refractivity contribution in [1.29, 1.82) is 0 Å². The maximum atomic E-state index is 13.5. The fourth-order valence-electron chi connectivity index (χ4n) is 3.65. The van der Waals surface area contributed by atoms with E-state index in [0.29, 0.717) is 39.3 Å². The van der Waals surface area contributed by atoms with Gasteiger partial charge in [0.1, 0.15) is 0 Å². The molecule has 2 amide bonds. The molecule has 33 heavy (non-hydrogen) atoms. The number of rotatable bonds is 5. The lowest BCUT2D eigenvalue weighted by atomic mass is 9.91. The molecule has 0 fully saturated rings. The van der Waals surface area contributed by atoms with Crippen LogP contribution in [-0.4, -0.2) is 36.6 Å². The third-order valence-electron chi connectivity index (χ3n) is 5.23. The van der Waals surface area contributed by atoms with Crippen LogP contribution in [0, 0.1) is 0 Å². The number of methoxy groups -OCH3 is 1. The summed E-state index contributed by atoms with van der Waals surface area (Å²) in [6.45, 7) is 1.96. The molecular formula is C26H21NO6. The van der Waals surface area contributed by atoms with Gasteiger partial charge >= 0.3 is 5.97 Å². The van der Waals surface area contributed by atoms with Gasteiger partial charge in [-0.3, -0.25) is 9.59 Å². The summed E-state index contributed by atoms with van der Waals surface area (Å²) in [6, 6.07) is 17.7. The number of hydrogen-bond acceptors (Lipinski definition) is 6. The van der Waals surface area contributed by atoms with Crippen LogP contribution >= 0.6 is 0 Å². The highest BCUT2D eigenvalue weighted by Gasteiger charge is 2.35. The van der Waals surface area contributed by atoms with E-state index < -0.39 is 17.8 Å². The molecule has 1 aliphatic rings. The summed E-state index contributed by atoms with van der Waals surface area (Å²) in [4.78, 5) is 39.7. The van der Waals surface area contributed by atoms with Crippen molar-refractivity contribution < 1.29 is 29.0 Å². The fourth-order valence-corrected chi connectivity index (χ4v) is 3.65. The molecule has 3 aromatic rings. The topological polar surface area (TPSA) is 93.1 Å². The molecule has 0 aromatic heterocycles. The SMILES string of the molecule is CCOC(=O)c1ccc(N2C(=O)/C(=C/c3ccc(OC)c(O)c3)c3ccccc3C2=O)cc1. The molecule has 7 nitrogen and oxygen atoms in total. The number of fused-ring (bicyclic) bond motifs is 1. The van der Waals surface area contributed by atoms with Gasteiger partial charge in [0, 0.05) is 11.1 Å². The lowest BCUT2D eigenvalue weighted by molar-refractivity contribution is -0.112. The van der Waals surface area contributed by atoms with Gasteiger partial charge in [-0.15, -0.1) is 0 Å². The van der Waals surface area contributed by atoms with Crippen molar-refractivity contribution in [2.75, 3.05) is 18.6 Å². The predicted octanol–water partition coefficient (Wildman–Crippen LogP) is 4.31. The van der Waals surface area contributed by atoms with Crippen molar-refractivity contribution in [2.45, 2.75) is 6.92 Å². The van der Waals surface area contributed by atoms with Gasteiger partial charge in [0.25, 0.3) is 11.8 Å². The van der Waals surface area contributed by atoms with Gasteiger partial charge in [-0.1, -0.05) is 24.3 Å². The van der Waals surface area contributed by atoms with Gasteiger partial charge in [0.15, 0.2) is 11.5 Å². The molecule has 0 bridgehead atoms. The summed E-state index contributed by atoms with van der Waals surface area (Å²) in [6.07, 6.45) is 1.62. The van der Waals surface area contributed by atoms with Gasteiger partial charge in [-0.25, -0.2) is 9.69 Å². The minimum Gasteiger partial charge on any atom is -0.504 e. The number of amides is 2. The second-order valence-electron chi connectivity index (χ2n) is 7.25. The number of nitrogens with zero attached hydrogens (tertiary/aromatic N) is 1. The molecule has 4 rings (SSSR count). The smallest absolute Gasteiger partial charge is 0.338 e. The number of imide groups is 1. The lowest BCUT2D eigenvalue weighted by Crippen LogP contribution is -2.41. The number of carbonyl (C=O) groups excluding carboxylic acids is 3. The normalized spacial score (nSPS) is 14.2. The molecule has 7 heteroatoms. The Kier molecular flexibility index (Phi) is 5.95. The predicted molar refractivity (Wildman–Crippen MR) is 123 cm³/mol. The van der Waals surface area contributed by atoms with Gasteiger partial charge in [-0.2, -0.15) is 0 Å². The molecule has 0 atom stereocenters. The van der Waals surface area contributed by atoms with E-state index in [1.54, 1.807) is 49.4 Å². The number of phenols is 1. The van der Waals surface area contributed by atoms with E-state index in [2.05, 4.69) is 0 Å². The van der Waals surface area contributed by atoms with E-state index in [-0.39, 0.29) is 12.4 Å². The molecule has 0 saturated carbocycles. The first-order chi connectivity index (χ1) is 15.9. The van der Waals surface area contributed by atoms with Crippen LogP contribution in [0.15, 0.2) is 66.7 Å². The van der Waals surface area contributed by atoms with E-state index in [4.69, 9.17) is 9.47 Å². The van der Waals surface area contributed by atoms with Crippen LogP contribution in [0.1, 0.15) is 38.8 Å². The Morgan fingerprint density at radius 1 is 0.970 bits per heavy atom.